The Morgan fingerprint density at radius 3 is 2.73 bits per heavy atom. The lowest BCUT2D eigenvalue weighted by molar-refractivity contribution is 0.187. The summed E-state index contributed by atoms with van der Waals surface area (Å²) >= 11 is 0. The second-order valence-electron chi connectivity index (χ2n) is 4.34. The van der Waals surface area contributed by atoms with Gasteiger partial charge in [0, 0.05) is 19.0 Å². The Kier molecular flexibility index (Phi) is 3.05. The second-order valence-corrected chi connectivity index (χ2v) is 4.34. The lowest BCUT2D eigenvalue weighted by Crippen LogP contribution is -2.42. The number of hydrogen-bond acceptors (Lipinski definition) is 3. The molecule has 0 bridgehead atoms. The summed E-state index contributed by atoms with van der Waals surface area (Å²) in [4.78, 5) is 2.28. The van der Waals surface area contributed by atoms with E-state index in [0.717, 1.165) is 18.7 Å². The standard InChI is InChI=1S/C12H18N2O/c1-14-6-9(7-14)10-4-2-3-5-11(10)12(13)8-15/h2-5,9,12,15H,6-8,13H2,1H3. The number of likely N-dealkylation sites (N-methyl/N-ethyl adjacent to an activating group) is 1. The average molecular weight is 206 g/mol. The van der Waals surface area contributed by atoms with E-state index >= 15 is 0 Å². The van der Waals surface area contributed by atoms with Gasteiger partial charge in [-0.2, -0.15) is 0 Å². The van der Waals surface area contributed by atoms with Gasteiger partial charge in [-0.05, 0) is 18.2 Å². The van der Waals surface area contributed by atoms with Gasteiger partial charge in [0.1, 0.15) is 0 Å². The van der Waals surface area contributed by atoms with Crippen molar-refractivity contribution in [3.8, 4) is 0 Å². The average Bonchev–Trinajstić information content (AvgIpc) is 2.24. The van der Waals surface area contributed by atoms with E-state index in [1.165, 1.54) is 5.56 Å². The van der Waals surface area contributed by atoms with E-state index in [1.54, 1.807) is 0 Å². The fourth-order valence-electron chi connectivity index (χ4n) is 2.21. The molecular weight excluding hydrogens is 188 g/mol. The first kappa shape index (κ1) is 10.6. The van der Waals surface area contributed by atoms with Crippen molar-refractivity contribution in [1.82, 2.24) is 4.90 Å². The Balaban J connectivity index is 2.22. The maximum Gasteiger partial charge on any atom is 0.0624 e. The lowest BCUT2D eigenvalue weighted by Gasteiger charge is -2.38. The molecule has 1 heterocycles. The highest BCUT2D eigenvalue weighted by molar-refractivity contribution is 5.34. The highest BCUT2D eigenvalue weighted by Gasteiger charge is 2.27. The predicted molar refractivity (Wildman–Crippen MR) is 60.7 cm³/mol. The molecule has 3 nitrogen and oxygen atoms in total. The van der Waals surface area contributed by atoms with Gasteiger partial charge in [-0.3, -0.25) is 0 Å². The van der Waals surface area contributed by atoms with Gasteiger partial charge in [-0.25, -0.2) is 0 Å². The van der Waals surface area contributed by atoms with Crippen LogP contribution in [0.15, 0.2) is 24.3 Å². The number of likely N-dealkylation sites (tertiary alicyclic amines) is 1. The maximum atomic E-state index is 9.10. The van der Waals surface area contributed by atoms with Crippen LogP contribution < -0.4 is 5.73 Å². The van der Waals surface area contributed by atoms with Crippen LogP contribution in [-0.2, 0) is 0 Å². The number of benzene rings is 1. The number of hydrogen-bond donors (Lipinski definition) is 2. The van der Waals surface area contributed by atoms with Gasteiger partial charge in [0.05, 0.1) is 12.6 Å². The monoisotopic (exact) mass is 206 g/mol. The molecule has 1 saturated heterocycles. The molecule has 3 heteroatoms. The molecule has 1 atom stereocenters. The minimum atomic E-state index is -0.243. The molecule has 1 aliphatic heterocycles. The van der Waals surface area contributed by atoms with E-state index in [-0.39, 0.29) is 12.6 Å². The summed E-state index contributed by atoms with van der Waals surface area (Å²) in [6, 6.07) is 7.93. The first-order valence-corrected chi connectivity index (χ1v) is 5.36. The van der Waals surface area contributed by atoms with Crippen LogP contribution in [0, 0.1) is 0 Å². The summed E-state index contributed by atoms with van der Waals surface area (Å²) in [5.41, 5.74) is 8.28. The fraction of sp³-hybridized carbons (Fsp3) is 0.500. The molecule has 82 valence electrons. The van der Waals surface area contributed by atoms with Crippen molar-refractivity contribution in [2.45, 2.75) is 12.0 Å². The van der Waals surface area contributed by atoms with Gasteiger partial charge in [0.25, 0.3) is 0 Å². The number of nitrogens with zero attached hydrogens (tertiary/aromatic N) is 1. The van der Waals surface area contributed by atoms with E-state index in [4.69, 9.17) is 10.8 Å². The van der Waals surface area contributed by atoms with Crippen LogP contribution in [0.2, 0.25) is 0 Å². The van der Waals surface area contributed by atoms with Gasteiger partial charge < -0.3 is 15.7 Å². The Labute approximate surface area is 90.5 Å². The van der Waals surface area contributed by atoms with Crippen LogP contribution in [0.3, 0.4) is 0 Å². The zero-order valence-corrected chi connectivity index (χ0v) is 9.06. The van der Waals surface area contributed by atoms with Crippen LogP contribution >= 0.6 is 0 Å². The molecule has 1 unspecified atom stereocenters. The van der Waals surface area contributed by atoms with E-state index in [1.807, 2.05) is 18.2 Å². The maximum absolute atomic E-state index is 9.10. The zero-order chi connectivity index (χ0) is 10.8. The van der Waals surface area contributed by atoms with Crippen molar-refractivity contribution in [2.24, 2.45) is 5.73 Å². The molecule has 1 aromatic rings. The third kappa shape index (κ3) is 2.04. The molecule has 2 rings (SSSR count). The third-order valence-corrected chi connectivity index (χ3v) is 3.10. The molecule has 0 aliphatic carbocycles. The first-order valence-electron chi connectivity index (χ1n) is 5.36. The van der Waals surface area contributed by atoms with E-state index in [9.17, 15) is 0 Å². The number of aliphatic hydroxyl groups excluding tert-OH is 1. The van der Waals surface area contributed by atoms with Crippen molar-refractivity contribution in [1.29, 1.82) is 0 Å². The van der Waals surface area contributed by atoms with Crippen LogP contribution in [0.4, 0.5) is 0 Å². The summed E-state index contributed by atoms with van der Waals surface area (Å²) in [5, 5.41) is 9.10. The van der Waals surface area contributed by atoms with Crippen LogP contribution in [0.25, 0.3) is 0 Å². The quantitative estimate of drug-likeness (QED) is 0.765. The molecule has 0 aromatic heterocycles. The van der Waals surface area contributed by atoms with E-state index in [0.29, 0.717) is 5.92 Å². The highest BCUT2D eigenvalue weighted by Crippen LogP contribution is 2.30. The SMILES string of the molecule is CN1CC(c2ccccc2C(N)CO)C1. The molecular formula is C12H18N2O. The molecule has 0 spiro atoms. The van der Waals surface area contributed by atoms with Crippen molar-refractivity contribution in [3.05, 3.63) is 35.4 Å². The van der Waals surface area contributed by atoms with Gasteiger partial charge in [-0.15, -0.1) is 0 Å². The Morgan fingerprint density at radius 1 is 1.47 bits per heavy atom. The van der Waals surface area contributed by atoms with Gasteiger partial charge in [0.2, 0.25) is 0 Å². The second kappa shape index (κ2) is 4.31. The predicted octanol–water partition coefficient (Wildman–Crippen LogP) is 0.708. The summed E-state index contributed by atoms with van der Waals surface area (Å²) < 4.78 is 0. The summed E-state index contributed by atoms with van der Waals surface area (Å²) in [6.45, 7) is 2.20. The molecule has 15 heavy (non-hydrogen) atoms. The molecule has 0 radical (unpaired) electrons. The summed E-state index contributed by atoms with van der Waals surface area (Å²) in [6.07, 6.45) is 0. The number of aliphatic hydroxyl groups is 1. The number of rotatable bonds is 3. The molecule has 1 fully saturated rings. The molecule has 1 aliphatic rings. The van der Waals surface area contributed by atoms with Crippen LogP contribution in [0.5, 0.6) is 0 Å². The van der Waals surface area contributed by atoms with Gasteiger partial charge >= 0.3 is 0 Å². The number of nitrogens with two attached hydrogens (primary N) is 1. The van der Waals surface area contributed by atoms with E-state index in [2.05, 4.69) is 18.0 Å². The van der Waals surface area contributed by atoms with Gasteiger partial charge in [-0.1, -0.05) is 24.3 Å². The fourth-order valence-corrected chi connectivity index (χ4v) is 2.21. The lowest BCUT2D eigenvalue weighted by atomic mass is 9.86. The first-order chi connectivity index (χ1) is 7.22. The van der Waals surface area contributed by atoms with Crippen molar-refractivity contribution in [3.63, 3.8) is 0 Å². The largest absolute Gasteiger partial charge is 0.394 e. The van der Waals surface area contributed by atoms with Gasteiger partial charge in [0.15, 0.2) is 0 Å². The minimum Gasteiger partial charge on any atom is -0.394 e. The van der Waals surface area contributed by atoms with Crippen LogP contribution in [0.1, 0.15) is 23.1 Å². The molecule has 1 aromatic carbocycles. The summed E-state index contributed by atoms with van der Waals surface area (Å²) in [5.74, 6) is 0.587. The highest BCUT2D eigenvalue weighted by atomic mass is 16.3. The Bertz CT molecular complexity index is 334. The Hall–Kier alpha value is -0.900. The van der Waals surface area contributed by atoms with Crippen LogP contribution in [-0.4, -0.2) is 36.8 Å². The zero-order valence-electron chi connectivity index (χ0n) is 9.06. The third-order valence-electron chi connectivity index (χ3n) is 3.10. The van der Waals surface area contributed by atoms with Crippen molar-refractivity contribution < 1.29 is 5.11 Å². The molecule has 3 N–H and O–H groups in total. The van der Waals surface area contributed by atoms with Crippen molar-refractivity contribution >= 4 is 0 Å². The smallest absolute Gasteiger partial charge is 0.0624 e. The normalized spacial score (nSPS) is 19.9. The topological polar surface area (TPSA) is 49.5 Å². The molecule has 0 saturated carbocycles. The molecule has 0 amide bonds. The Morgan fingerprint density at radius 2 is 2.13 bits per heavy atom. The van der Waals surface area contributed by atoms with Crippen molar-refractivity contribution in [2.75, 3.05) is 26.7 Å². The summed E-state index contributed by atoms with van der Waals surface area (Å²) in [7, 11) is 2.12. The van der Waals surface area contributed by atoms with E-state index < -0.39 is 0 Å². The minimum absolute atomic E-state index is 0.0135.